The zero-order chi connectivity index (χ0) is 13.8. The Morgan fingerprint density at radius 2 is 2.11 bits per heavy atom. The molecular weight excluding hydrogens is 264 g/mol. The van der Waals surface area contributed by atoms with Gasteiger partial charge in [0.15, 0.2) is 0 Å². The molecule has 0 unspecified atom stereocenters. The van der Waals surface area contributed by atoms with E-state index >= 15 is 0 Å². The molecule has 1 fully saturated rings. The second kappa shape index (κ2) is 6.37. The second-order valence-electron chi connectivity index (χ2n) is 4.99. The van der Waals surface area contributed by atoms with Gasteiger partial charge in [0.05, 0.1) is 6.61 Å². The zero-order valence-electron chi connectivity index (χ0n) is 11.2. The van der Waals surface area contributed by atoms with Gasteiger partial charge in [0, 0.05) is 31.7 Å². The van der Waals surface area contributed by atoms with Crippen molar-refractivity contribution in [2.24, 2.45) is 0 Å². The number of nitrogens with one attached hydrogen (secondary N) is 1. The Hall–Kier alpha value is -1.10. The van der Waals surface area contributed by atoms with E-state index in [4.69, 9.17) is 16.3 Å². The highest BCUT2D eigenvalue weighted by Gasteiger charge is 2.27. The first-order valence-electron chi connectivity index (χ1n) is 6.37. The third kappa shape index (κ3) is 3.93. The fourth-order valence-corrected chi connectivity index (χ4v) is 2.23. The average Bonchev–Trinajstić information content (AvgIpc) is 2.41. The van der Waals surface area contributed by atoms with Crippen molar-refractivity contribution in [2.45, 2.75) is 18.6 Å². The molecule has 0 aromatic heterocycles. The van der Waals surface area contributed by atoms with E-state index in [1.807, 2.05) is 24.3 Å². The summed E-state index contributed by atoms with van der Waals surface area (Å²) in [5.41, 5.74) is 1.21. The van der Waals surface area contributed by atoms with Crippen LogP contribution >= 0.6 is 11.6 Å². The minimum absolute atomic E-state index is 0.0115. The van der Waals surface area contributed by atoms with Crippen molar-refractivity contribution in [1.29, 1.82) is 0 Å². The Labute approximate surface area is 118 Å². The van der Waals surface area contributed by atoms with E-state index in [0.29, 0.717) is 13.2 Å². The van der Waals surface area contributed by atoms with Crippen molar-refractivity contribution in [1.82, 2.24) is 10.2 Å². The lowest BCUT2D eigenvalue weighted by molar-refractivity contribution is -0.143. The SMILES string of the molecule is CN(C)C(=O)[C@H]1CN[C@@H](Cc2ccc(Cl)cc2)CO1. The molecule has 0 bridgehead atoms. The van der Waals surface area contributed by atoms with Crippen molar-refractivity contribution >= 4 is 17.5 Å². The van der Waals surface area contributed by atoms with E-state index < -0.39 is 0 Å². The molecule has 0 aliphatic carbocycles. The summed E-state index contributed by atoms with van der Waals surface area (Å²) >= 11 is 5.86. The maximum Gasteiger partial charge on any atom is 0.252 e. The number of hydrogen-bond acceptors (Lipinski definition) is 3. The van der Waals surface area contributed by atoms with Crippen molar-refractivity contribution in [2.75, 3.05) is 27.2 Å². The fraction of sp³-hybridized carbons (Fsp3) is 0.500. The van der Waals surface area contributed by atoms with Gasteiger partial charge in [-0.15, -0.1) is 0 Å². The maximum atomic E-state index is 11.7. The largest absolute Gasteiger partial charge is 0.365 e. The van der Waals surface area contributed by atoms with Gasteiger partial charge >= 0.3 is 0 Å². The molecule has 1 aromatic rings. The lowest BCUT2D eigenvalue weighted by Crippen LogP contribution is -2.52. The van der Waals surface area contributed by atoms with Crippen LogP contribution in [0.4, 0.5) is 0 Å². The summed E-state index contributed by atoms with van der Waals surface area (Å²) in [5, 5.41) is 4.11. The fourth-order valence-electron chi connectivity index (χ4n) is 2.11. The van der Waals surface area contributed by atoms with Crippen molar-refractivity contribution in [3.05, 3.63) is 34.9 Å². The molecule has 1 saturated heterocycles. The predicted molar refractivity (Wildman–Crippen MR) is 75.4 cm³/mol. The predicted octanol–water partition coefficient (Wildman–Crippen LogP) is 1.33. The van der Waals surface area contributed by atoms with Gasteiger partial charge in [-0.25, -0.2) is 0 Å². The third-order valence-corrected chi connectivity index (χ3v) is 3.45. The minimum atomic E-state index is -0.364. The van der Waals surface area contributed by atoms with E-state index in [-0.39, 0.29) is 18.1 Å². The molecule has 4 nitrogen and oxygen atoms in total. The Balaban J connectivity index is 1.83. The Morgan fingerprint density at radius 3 is 2.63 bits per heavy atom. The number of carbonyl (C=O) groups is 1. The summed E-state index contributed by atoms with van der Waals surface area (Å²) in [6.07, 6.45) is 0.511. The van der Waals surface area contributed by atoms with Gasteiger partial charge in [-0.2, -0.15) is 0 Å². The molecule has 0 spiro atoms. The quantitative estimate of drug-likeness (QED) is 0.909. The van der Waals surface area contributed by atoms with E-state index in [2.05, 4.69) is 5.32 Å². The topological polar surface area (TPSA) is 41.6 Å². The molecule has 1 aliphatic heterocycles. The van der Waals surface area contributed by atoms with Gasteiger partial charge in [0.2, 0.25) is 0 Å². The van der Waals surface area contributed by atoms with Crippen LogP contribution in [-0.4, -0.2) is 50.2 Å². The maximum absolute atomic E-state index is 11.7. The van der Waals surface area contributed by atoms with E-state index in [1.165, 1.54) is 5.56 Å². The number of amides is 1. The van der Waals surface area contributed by atoms with Crippen LogP contribution in [0.15, 0.2) is 24.3 Å². The third-order valence-electron chi connectivity index (χ3n) is 3.20. The molecule has 2 atom stereocenters. The molecule has 1 heterocycles. The van der Waals surface area contributed by atoms with Gasteiger partial charge < -0.3 is 15.0 Å². The number of benzene rings is 1. The van der Waals surface area contributed by atoms with Crippen LogP contribution in [0.5, 0.6) is 0 Å². The van der Waals surface area contributed by atoms with Crippen LogP contribution in [0.3, 0.4) is 0 Å². The molecule has 0 radical (unpaired) electrons. The Bertz CT molecular complexity index is 426. The van der Waals surface area contributed by atoms with Gasteiger partial charge in [0.1, 0.15) is 6.10 Å². The zero-order valence-corrected chi connectivity index (χ0v) is 12.0. The van der Waals surface area contributed by atoms with Crippen molar-refractivity contribution in [3.8, 4) is 0 Å². The highest BCUT2D eigenvalue weighted by Crippen LogP contribution is 2.13. The van der Waals surface area contributed by atoms with Gasteiger partial charge in [-0.05, 0) is 24.1 Å². The Kier molecular flexibility index (Phi) is 4.80. The number of rotatable bonds is 3. The summed E-state index contributed by atoms with van der Waals surface area (Å²) < 4.78 is 5.63. The van der Waals surface area contributed by atoms with Crippen LogP contribution in [-0.2, 0) is 16.0 Å². The number of carbonyl (C=O) groups excluding carboxylic acids is 1. The molecular formula is C14H19ClN2O2. The van der Waals surface area contributed by atoms with Crippen LogP contribution in [0.25, 0.3) is 0 Å². The van der Waals surface area contributed by atoms with Crippen molar-refractivity contribution in [3.63, 3.8) is 0 Å². The molecule has 19 heavy (non-hydrogen) atoms. The number of nitrogens with zero attached hydrogens (tertiary/aromatic N) is 1. The summed E-state index contributed by atoms with van der Waals surface area (Å²) in [7, 11) is 3.48. The first-order valence-corrected chi connectivity index (χ1v) is 6.74. The second-order valence-corrected chi connectivity index (χ2v) is 5.43. The minimum Gasteiger partial charge on any atom is -0.365 e. The number of morpholine rings is 1. The van der Waals surface area contributed by atoms with Gasteiger partial charge in [-0.3, -0.25) is 4.79 Å². The number of hydrogen-bond donors (Lipinski definition) is 1. The van der Waals surface area contributed by atoms with E-state index in [9.17, 15) is 4.79 Å². The number of halogens is 1. The number of likely N-dealkylation sites (N-methyl/N-ethyl adjacent to an activating group) is 1. The smallest absolute Gasteiger partial charge is 0.252 e. The summed E-state index contributed by atoms with van der Waals surface area (Å²) in [6.45, 7) is 1.11. The molecule has 2 rings (SSSR count). The highest BCUT2D eigenvalue weighted by atomic mass is 35.5. The monoisotopic (exact) mass is 282 g/mol. The standard InChI is InChI=1S/C14H19ClN2O2/c1-17(2)14(18)13-8-16-12(9-19-13)7-10-3-5-11(15)6-4-10/h3-6,12-13,16H,7-9H2,1-2H3/t12-,13+/m0/s1. The van der Waals surface area contributed by atoms with Crippen LogP contribution in [0, 0.1) is 0 Å². The lowest BCUT2D eigenvalue weighted by atomic mass is 10.1. The first-order chi connectivity index (χ1) is 9.06. The molecule has 1 aliphatic rings. The molecule has 1 N–H and O–H groups in total. The van der Waals surface area contributed by atoms with E-state index in [1.54, 1.807) is 19.0 Å². The summed E-state index contributed by atoms with van der Waals surface area (Å²) in [6, 6.07) is 8.05. The number of ether oxygens (including phenoxy) is 1. The summed E-state index contributed by atoms with van der Waals surface area (Å²) in [5.74, 6) is 0.0115. The van der Waals surface area contributed by atoms with Gasteiger partial charge in [0.25, 0.3) is 5.91 Å². The molecule has 5 heteroatoms. The van der Waals surface area contributed by atoms with Crippen LogP contribution in [0.2, 0.25) is 5.02 Å². The lowest BCUT2D eigenvalue weighted by Gasteiger charge is -2.31. The average molecular weight is 283 g/mol. The first kappa shape index (κ1) is 14.3. The van der Waals surface area contributed by atoms with E-state index in [0.717, 1.165) is 11.4 Å². The summed E-state index contributed by atoms with van der Waals surface area (Å²) in [4.78, 5) is 13.3. The molecule has 1 aromatic carbocycles. The molecule has 104 valence electrons. The molecule has 1 amide bonds. The van der Waals surface area contributed by atoms with Crippen LogP contribution < -0.4 is 5.32 Å². The van der Waals surface area contributed by atoms with Crippen LogP contribution in [0.1, 0.15) is 5.56 Å². The van der Waals surface area contributed by atoms with Crippen molar-refractivity contribution < 1.29 is 9.53 Å². The normalized spacial score (nSPS) is 23.1. The van der Waals surface area contributed by atoms with Gasteiger partial charge in [-0.1, -0.05) is 23.7 Å². The molecule has 0 saturated carbocycles. The Morgan fingerprint density at radius 1 is 1.42 bits per heavy atom. The highest BCUT2D eigenvalue weighted by molar-refractivity contribution is 6.30.